The van der Waals surface area contributed by atoms with Gasteiger partial charge in [-0.2, -0.15) is 0 Å². The SMILES string of the molecule is CC(C)C1CCN(Cc2ccc([18F])cc2)C1. The van der Waals surface area contributed by atoms with Crippen LogP contribution in [0.15, 0.2) is 24.3 Å². The van der Waals surface area contributed by atoms with Gasteiger partial charge in [0.05, 0.1) is 0 Å². The fourth-order valence-corrected chi connectivity index (χ4v) is 2.40. The minimum Gasteiger partial charge on any atom is -0.299 e. The minimum atomic E-state index is -0.148. The summed E-state index contributed by atoms with van der Waals surface area (Å²) in [6.45, 7) is 7.93. The van der Waals surface area contributed by atoms with Crippen molar-refractivity contribution < 1.29 is 4.39 Å². The van der Waals surface area contributed by atoms with Gasteiger partial charge in [-0.3, -0.25) is 4.90 Å². The Morgan fingerprint density at radius 3 is 2.56 bits per heavy atom. The normalized spacial score (nSPS) is 21.9. The lowest BCUT2D eigenvalue weighted by Gasteiger charge is -2.17. The first-order valence-corrected chi connectivity index (χ1v) is 6.12. The first kappa shape index (κ1) is 11.6. The molecule has 1 aromatic rings. The number of likely N-dealkylation sites (tertiary alicyclic amines) is 1. The smallest absolute Gasteiger partial charge is 0.123 e. The average molecular weight is 220 g/mol. The molecule has 1 aromatic carbocycles. The molecule has 0 bridgehead atoms. The molecule has 1 unspecified atom stereocenters. The number of nitrogens with zero attached hydrogens (tertiary/aromatic N) is 1. The van der Waals surface area contributed by atoms with Crippen LogP contribution in [-0.4, -0.2) is 18.0 Å². The van der Waals surface area contributed by atoms with Gasteiger partial charge in [0.15, 0.2) is 0 Å². The van der Waals surface area contributed by atoms with Crippen LogP contribution in [0.4, 0.5) is 4.39 Å². The van der Waals surface area contributed by atoms with Crippen molar-refractivity contribution in [1.29, 1.82) is 0 Å². The molecule has 88 valence electrons. The third-order valence-electron chi connectivity index (χ3n) is 3.57. The Kier molecular flexibility index (Phi) is 3.59. The van der Waals surface area contributed by atoms with E-state index in [1.807, 2.05) is 12.1 Å². The predicted octanol–water partition coefficient (Wildman–Crippen LogP) is 3.30. The molecule has 0 N–H and O–H groups in total. The maximum absolute atomic E-state index is 12.8. The summed E-state index contributed by atoms with van der Waals surface area (Å²) < 4.78 is 12.8. The van der Waals surface area contributed by atoms with Gasteiger partial charge in [-0.15, -0.1) is 0 Å². The van der Waals surface area contributed by atoms with Crippen molar-refractivity contribution >= 4 is 0 Å². The van der Waals surface area contributed by atoms with Crippen molar-refractivity contribution in [3.8, 4) is 0 Å². The summed E-state index contributed by atoms with van der Waals surface area (Å²) >= 11 is 0. The molecule has 0 saturated carbocycles. The second kappa shape index (κ2) is 4.96. The fraction of sp³-hybridized carbons (Fsp3) is 0.571. The van der Waals surface area contributed by atoms with E-state index in [0.29, 0.717) is 0 Å². The van der Waals surface area contributed by atoms with Gasteiger partial charge in [0.1, 0.15) is 5.82 Å². The zero-order valence-electron chi connectivity index (χ0n) is 10.1. The van der Waals surface area contributed by atoms with E-state index < -0.39 is 0 Å². The van der Waals surface area contributed by atoms with Gasteiger partial charge >= 0.3 is 0 Å². The topological polar surface area (TPSA) is 3.24 Å². The molecule has 1 aliphatic rings. The molecule has 0 aliphatic carbocycles. The lowest BCUT2D eigenvalue weighted by molar-refractivity contribution is 0.297. The van der Waals surface area contributed by atoms with E-state index in [1.165, 1.54) is 25.1 Å². The highest BCUT2D eigenvalue weighted by Gasteiger charge is 2.24. The zero-order valence-corrected chi connectivity index (χ0v) is 10.1. The Hall–Kier alpha value is -0.890. The van der Waals surface area contributed by atoms with Crippen molar-refractivity contribution in [1.82, 2.24) is 4.90 Å². The van der Waals surface area contributed by atoms with Crippen molar-refractivity contribution in [2.24, 2.45) is 11.8 Å². The van der Waals surface area contributed by atoms with Crippen LogP contribution in [0, 0.1) is 17.7 Å². The lowest BCUT2D eigenvalue weighted by Crippen LogP contribution is -2.21. The van der Waals surface area contributed by atoms with E-state index in [-0.39, 0.29) is 5.82 Å². The van der Waals surface area contributed by atoms with Crippen LogP contribution >= 0.6 is 0 Å². The first-order valence-electron chi connectivity index (χ1n) is 6.12. The van der Waals surface area contributed by atoms with Crippen LogP contribution in [0.2, 0.25) is 0 Å². The highest BCUT2D eigenvalue weighted by Crippen LogP contribution is 2.24. The fourth-order valence-electron chi connectivity index (χ4n) is 2.40. The van der Waals surface area contributed by atoms with E-state index >= 15 is 0 Å². The van der Waals surface area contributed by atoms with Gasteiger partial charge in [-0.1, -0.05) is 26.0 Å². The number of hydrogen-bond acceptors (Lipinski definition) is 1. The van der Waals surface area contributed by atoms with Gasteiger partial charge in [-0.05, 0) is 42.5 Å². The molecule has 2 heteroatoms. The maximum atomic E-state index is 12.8. The van der Waals surface area contributed by atoms with Crippen molar-refractivity contribution in [3.05, 3.63) is 35.6 Å². The number of benzene rings is 1. The van der Waals surface area contributed by atoms with Gasteiger partial charge in [0.25, 0.3) is 0 Å². The third kappa shape index (κ3) is 2.82. The van der Waals surface area contributed by atoms with Crippen LogP contribution in [0.1, 0.15) is 25.8 Å². The summed E-state index contributed by atoms with van der Waals surface area (Å²) in [6, 6.07) is 6.87. The molecule has 1 nitrogen and oxygen atoms in total. The molecular formula is C14H20FN. The standard InChI is InChI=1S/C14H20FN/c1-11(2)13-7-8-16(10-13)9-12-3-5-14(15)6-4-12/h3-6,11,13H,7-10H2,1-2H3/i15-1. The molecular weight excluding hydrogens is 200 g/mol. The van der Waals surface area contributed by atoms with E-state index in [4.69, 9.17) is 0 Å². The number of hydrogen-bond donors (Lipinski definition) is 0. The van der Waals surface area contributed by atoms with E-state index in [0.717, 1.165) is 18.4 Å². The van der Waals surface area contributed by atoms with Gasteiger partial charge < -0.3 is 0 Å². The lowest BCUT2D eigenvalue weighted by atomic mass is 9.95. The summed E-state index contributed by atoms with van der Waals surface area (Å²) in [4.78, 5) is 2.47. The van der Waals surface area contributed by atoms with Crippen LogP contribution < -0.4 is 0 Å². The summed E-state index contributed by atoms with van der Waals surface area (Å²) in [6.07, 6.45) is 1.30. The average Bonchev–Trinajstić information content (AvgIpc) is 2.70. The van der Waals surface area contributed by atoms with Crippen LogP contribution in [0.25, 0.3) is 0 Å². The monoisotopic (exact) mass is 220 g/mol. The number of halogens is 1. The molecule has 0 aromatic heterocycles. The Bertz CT molecular complexity index is 331. The minimum absolute atomic E-state index is 0.148. The van der Waals surface area contributed by atoms with Gasteiger partial charge in [-0.25, -0.2) is 4.39 Å². The molecule has 1 fully saturated rings. The van der Waals surface area contributed by atoms with Crippen LogP contribution in [-0.2, 0) is 6.54 Å². The second-order valence-electron chi connectivity index (χ2n) is 5.15. The summed E-state index contributed by atoms with van der Waals surface area (Å²) in [5, 5.41) is 0. The quantitative estimate of drug-likeness (QED) is 0.755. The van der Waals surface area contributed by atoms with Gasteiger partial charge in [0, 0.05) is 13.1 Å². The molecule has 2 rings (SSSR count). The Morgan fingerprint density at radius 1 is 1.31 bits per heavy atom. The molecule has 0 radical (unpaired) electrons. The van der Waals surface area contributed by atoms with Crippen LogP contribution in [0.5, 0.6) is 0 Å². The highest BCUT2D eigenvalue weighted by molar-refractivity contribution is 5.16. The molecule has 1 saturated heterocycles. The zero-order chi connectivity index (χ0) is 11.5. The summed E-state index contributed by atoms with van der Waals surface area (Å²) in [7, 11) is 0. The molecule has 0 amide bonds. The first-order chi connectivity index (χ1) is 7.65. The van der Waals surface area contributed by atoms with Crippen molar-refractivity contribution in [2.75, 3.05) is 13.1 Å². The Balaban J connectivity index is 1.89. The van der Waals surface area contributed by atoms with Crippen molar-refractivity contribution in [3.63, 3.8) is 0 Å². The maximum Gasteiger partial charge on any atom is 0.123 e. The van der Waals surface area contributed by atoms with Crippen molar-refractivity contribution in [2.45, 2.75) is 26.8 Å². The molecule has 1 heterocycles. The van der Waals surface area contributed by atoms with E-state index in [1.54, 1.807) is 12.1 Å². The van der Waals surface area contributed by atoms with Crippen LogP contribution in [0.3, 0.4) is 0 Å². The number of rotatable bonds is 3. The Morgan fingerprint density at radius 2 is 2.00 bits per heavy atom. The van der Waals surface area contributed by atoms with Gasteiger partial charge in [0.2, 0.25) is 0 Å². The molecule has 0 spiro atoms. The molecule has 16 heavy (non-hydrogen) atoms. The largest absolute Gasteiger partial charge is 0.299 e. The summed E-state index contributed by atoms with van der Waals surface area (Å²) in [5.41, 5.74) is 1.21. The molecule has 1 aliphatic heterocycles. The van der Waals surface area contributed by atoms with E-state index in [2.05, 4.69) is 18.7 Å². The molecule has 1 atom stereocenters. The third-order valence-corrected chi connectivity index (χ3v) is 3.57. The Labute approximate surface area is 97.3 Å². The summed E-state index contributed by atoms with van der Waals surface area (Å²) in [5.74, 6) is 1.46. The predicted molar refractivity (Wildman–Crippen MR) is 64.6 cm³/mol. The second-order valence-corrected chi connectivity index (χ2v) is 5.15. The highest BCUT2D eigenvalue weighted by atomic mass is 18.2. The van der Waals surface area contributed by atoms with E-state index in [9.17, 15) is 4.39 Å².